The first-order valence-electron chi connectivity index (χ1n) is 12.7. The number of benzene rings is 1. The summed E-state index contributed by atoms with van der Waals surface area (Å²) in [4.78, 5) is 20.1. The summed E-state index contributed by atoms with van der Waals surface area (Å²) in [5, 5.41) is 3.31. The summed E-state index contributed by atoms with van der Waals surface area (Å²) in [6.45, 7) is 5.56. The molecule has 1 saturated carbocycles. The molecule has 1 aromatic carbocycles. The number of carbonyl (C=O) groups excluding carboxylic acids is 1. The minimum absolute atomic E-state index is 0.210. The number of rotatable bonds is 8. The lowest BCUT2D eigenvalue weighted by Crippen LogP contribution is -2.46. The van der Waals surface area contributed by atoms with Crippen LogP contribution >= 0.6 is 0 Å². The van der Waals surface area contributed by atoms with E-state index in [2.05, 4.69) is 21.7 Å². The van der Waals surface area contributed by atoms with Gasteiger partial charge in [-0.3, -0.25) is 9.69 Å². The maximum atomic E-state index is 12.6. The van der Waals surface area contributed by atoms with Crippen molar-refractivity contribution in [3.05, 3.63) is 24.0 Å². The predicted octanol–water partition coefficient (Wildman–Crippen LogP) is 3.36. The first-order chi connectivity index (χ1) is 16.3. The van der Waals surface area contributed by atoms with Gasteiger partial charge in [0.05, 0.1) is 22.5 Å². The summed E-state index contributed by atoms with van der Waals surface area (Å²) < 4.78 is 28.6. The SMILES string of the molecule is CCCn1c(CN2CCC(NC(=O)C3CCCCC3)CC2)nc2cc(S(=O)(=O)N(C)C)ccc21. The number of imidazole rings is 1. The van der Waals surface area contributed by atoms with E-state index >= 15 is 0 Å². The minimum Gasteiger partial charge on any atom is -0.353 e. The van der Waals surface area contributed by atoms with Crippen LogP contribution in [0.1, 0.15) is 64.1 Å². The highest BCUT2D eigenvalue weighted by atomic mass is 32.2. The molecule has 2 aromatic rings. The second-order valence-electron chi connectivity index (χ2n) is 10.0. The molecule has 1 aliphatic carbocycles. The molecule has 2 fully saturated rings. The molecular formula is C25H39N5O3S. The number of hydrogen-bond acceptors (Lipinski definition) is 5. The smallest absolute Gasteiger partial charge is 0.242 e. The van der Waals surface area contributed by atoms with Crippen LogP contribution < -0.4 is 5.32 Å². The molecule has 4 rings (SSSR count). The third-order valence-corrected chi connectivity index (χ3v) is 9.11. The fourth-order valence-electron chi connectivity index (χ4n) is 5.24. The number of hydrogen-bond donors (Lipinski definition) is 1. The van der Waals surface area contributed by atoms with Crippen molar-refractivity contribution in [2.24, 2.45) is 5.92 Å². The van der Waals surface area contributed by atoms with E-state index in [4.69, 9.17) is 4.98 Å². The number of fused-ring (bicyclic) bond motifs is 1. The van der Waals surface area contributed by atoms with Crippen LogP contribution in [0.3, 0.4) is 0 Å². The Morgan fingerprint density at radius 2 is 1.82 bits per heavy atom. The molecule has 0 unspecified atom stereocenters. The standard InChI is InChI=1S/C25H39N5O3S/c1-4-14-30-23-11-10-21(34(32,33)28(2)3)17-22(23)27-24(30)18-29-15-12-20(13-16-29)26-25(31)19-8-6-5-7-9-19/h10-11,17,19-20H,4-9,12-16,18H2,1-3H3,(H,26,31). The highest BCUT2D eigenvalue weighted by Crippen LogP contribution is 2.26. The molecule has 2 aliphatic rings. The molecule has 1 amide bonds. The lowest BCUT2D eigenvalue weighted by Gasteiger charge is -2.33. The molecule has 8 nitrogen and oxygen atoms in total. The number of piperidine rings is 1. The summed E-state index contributed by atoms with van der Waals surface area (Å²) in [6.07, 6.45) is 8.58. The Labute approximate surface area is 203 Å². The van der Waals surface area contributed by atoms with E-state index < -0.39 is 10.0 Å². The highest BCUT2D eigenvalue weighted by molar-refractivity contribution is 7.89. The maximum absolute atomic E-state index is 12.6. The van der Waals surface area contributed by atoms with Gasteiger partial charge in [0.25, 0.3) is 0 Å². The van der Waals surface area contributed by atoms with Gasteiger partial charge in [-0.1, -0.05) is 26.2 Å². The zero-order valence-corrected chi connectivity index (χ0v) is 21.6. The van der Waals surface area contributed by atoms with Gasteiger partial charge in [0.1, 0.15) is 5.82 Å². The Bertz CT molecular complexity index is 1100. The van der Waals surface area contributed by atoms with Crippen LogP contribution in [0.15, 0.2) is 23.1 Å². The van der Waals surface area contributed by atoms with Crippen molar-refractivity contribution in [2.75, 3.05) is 27.2 Å². The van der Waals surface area contributed by atoms with Gasteiger partial charge in [-0.2, -0.15) is 0 Å². The normalized spacial score (nSPS) is 19.2. The average Bonchev–Trinajstić information content (AvgIpc) is 3.17. The molecule has 188 valence electrons. The van der Waals surface area contributed by atoms with Crippen molar-refractivity contribution in [2.45, 2.75) is 82.3 Å². The summed E-state index contributed by atoms with van der Waals surface area (Å²) in [7, 11) is -0.410. The van der Waals surface area contributed by atoms with Crippen LogP contribution in [-0.2, 0) is 27.9 Å². The molecule has 1 saturated heterocycles. The number of sulfonamides is 1. The van der Waals surface area contributed by atoms with Gasteiger partial charge in [-0.15, -0.1) is 0 Å². The second-order valence-corrected chi connectivity index (χ2v) is 12.2. The lowest BCUT2D eigenvalue weighted by atomic mass is 9.88. The lowest BCUT2D eigenvalue weighted by molar-refractivity contribution is -0.127. The van der Waals surface area contributed by atoms with Gasteiger partial charge in [0.2, 0.25) is 15.9 Å². The summed E-state index contributed by atoms with van der Waals surface area (Å²) in [5.74, 6) is 1.44. The van der Waals surface area contributed by atoms with Gasteiger partial charge in [0, 0.05) is 45.7 Å². The van der Waals surface area contributed by atoms with Crippen molar-refractivity contribution in [3.63, 3.8) is 0 Å². The van der Waals surface area contributed by atoms with Gasteiger partial charge in [0.15, 0.2) is 0 Å². The summed E-state index contributed by atoms with van der Waals surface area (Å²) >= 11 is 0. The summed E-state index contributed by atoms with van der Waals surface area (Å²) in [5.41, 5.74) is 1.70. The molecule has 9 heteroatoms. The minimum atomic E-state index is -3.50. The molecule has 1 aliphatic heterocycles. The number of carbonyl (C=O) groups is 1. The maximum Gasteiger partial charge on any atom is 0.242 e. The van der Waals surface area contributed by atoms with E-state index in [0.717, 1.165) is 75.1 Å². The Morgan fingerprint density at radius 1 is 1.12 bits per heavy atom. The average molecular weight is 490 g/mol. The van der Waals surface area contributed by atoms with E-state index in [1.165, 1.54) is 23.6 Å². The zero-order chi connectivity index (χ0) is 24.3. The van der Waals surface area contributed by atoms with Crippen molar-refractivity contribution in [1.82, 2.24) is 24.1 Å². The van der Waals surface area contributed by atoms with Gasteiger partial charge in [-0.05, 0) is 50.3 Å². The molecule has 0 bridgehead atoms. The van der Waals surface area contributed by atoms with E-state index in [-0.39, 0.29) is 22.8 Å². The van der Waals surface area contributed by atoms with Crippen molar-refractivity contribution < 1.29 is 13.2 Å². The summed E-state index contributed by atoms with van der Waals surface area (Å²) in [6, 6.07) is 5.51. The topological polar surface area (TPSA) is 87.5 Å². The number of likely N-dealkylation sites (tertiary alicyclic amines) is 1. The Morgan fingerprint density at radius 3 is 2.47 bits per heavy atom. The third kappa shape index (κ3) is 5.47. The molecular weight excluding hydrogens is 450 g/mol. The van der Waals surface area contributed by atoms with Crippen LogP contribution in [-0.4, -0.2) is 66.3 Å². The van der Waals surface area contributed by atoms with Crippen LogP contribution in [0.4, 0.5) is 0 Å². The number of aromatic nitrogens is 2. The van der Waals surface area contributed by atoms with Gasteiger partial charge in [-0.25, -0.2) is 17.7 Å². The molecule has 1 aromatic heterocycles. The van der Waals surface area contributed by atoms with E-state index in [9.17, 15) is 13.2 Å². The van der Waals surface area contributed by atoms with Crippen molar-refractivity contribution in [3.8, 4) is 0 Å². The highest BCUT2D eigenvalue weighted by Gasteiger charge is 2.27. The number of amides is 1. The first-order valence-corrected chi connectivity index (χ1v) is 14.2. The van der Waals surface area contributed by atoms with Crippen LogP contribution in [0.25, 0.3) is 11.0 Å². The van der Waals surface area contributed by atoms with E-state index in [1.54, 1.807) is 26.2 Å². The molecule has 0 atom stereocenters. The fourth-order valence-corrected chi connectivity index (χ4v) is 6.17. The van der Waals surface area contributed by atoms with Crippen LogP contribution in [0.5, 0.6) is 0 Å². The van der Waals surface area contributed by atoms with E-state index in [0.29, 0.717) is 0 Å². The van der Waals surface area contributed by atoms with Gasteiger partial charge < -0.3 is 9.88 Å². The monoisotopic (exact) mass is 489 g/mol. The molecule has 0 radical (unpaired) electrons. The molecule has 2 heterocycles. The van der Waals surface area contributed by atoms with Crippen molar-refractivity contribution >= 4 is 27.0 Å². The largest absolute Gasteiger partial charge is 0.353 e. The molecule has 0 spiro atoms. The zero-order valence-electron chi connectivity index (χ0n) is 20.8. The van der Waals surface area contributed by atoms with E-state index in [1.807, 2.05) is 6.07 Å². The second kappa shape index (κ2) is 10.7. The quantitative estimate of drug-likeness (QED) is 0.614. The predicted molar refractivity (Wildman–Crippen MR) is 134 cm³/mol. The Kier molecular flexibility index (Phi) is 7.94. The molecule has 1 N–H and O–H groups in total. The number of nitrogens with zero attached hydrogens (tertiary/aromatic N) is 4. The third-order valence-electron chi connectivity index (χ3n) is 7.30. The van der Waals surface area contributed by atoms with Gasteiger partial charge >= 0.3 is 0 Å². The van der Waals surface area contributed by atoms with Crippen LogP contribution in [0.2, 0.25) is 0 Å². The number of aryl methyl sites for hydroxylation is 1. The Balaban J connectivity index is 1.42. The Hall–Kier alpha value is -1.97. The van der Waals surface area contributed by atoms with Crippen molar-refractivity contribution in [1.29, 1.82) is 0 Å². The molecule has 34 heavy (non-hydrogen) atoms. The van der Waals surface area contributed by atoms with Crippen LogP contribution in [0, 0.1) is 5.92 Å². The fraction of sp³-hybridized carbons (Fsp3) is 0.680. The number of nitrogens with one attached hydrogen (secondary N) is 1. The first kappa shape index (κ1) is 25.1.